The smallest absolute Gasteiger partial charge is 0.101 e. The first kappa shape index (κ1) is 15.0. The van der Waals surface area contributed by atoms with E-state index in [1.165, 1.54) is 0 Å². The number of nitrogens with zero attached hydrogens (tertiary/aromatic N) is 2. The third-order valence-corrected chi connectivity index (χ3v) is 3.76. The van der Waals surface area contributed by atoms with Crippen LogP contribution in [0.2, 0.25) is 0 Å². The summed E-state index contributed by atoms with van der Waals surface area (Å²) < 4.78 is 10.8. The van der Waals surface area contributed by atoms with Crippen molar-refractivity contribution in [1.29, 1.82) is 5.26 Å². The molecular formula is C15H23N3O2. The van der Waals surface area contributed by atoms with E-state index in [1.807, 2.05) is 13.0 Å². The fourth-order valence-corrected chi connectivity index (χ4v) is 2.60. The van der Waals surface area contributed by atoms with Crippen LogP contribution in [0, 0.1) is 18.3 Å². The van der Waals surface area contributed by atoms with E-state index in [-0.39, 0.29) is 0 Å². The molecule has 110 valence electrons. The van der Waals surface area contributed by atoms with Crippen molar-refractivity contribution < 1.29 is 9.47 Å². The first-order chi connectivity index (χ1) is 9.72. The number of likely N-dealkylation sites (tertiary alicyclic amines) is 1. The summed E-state index contributed by atoms with van der Waals surface area (Å²) in [7, 11) is 1.69. The van der Waals surface area contributed by atoms with E-state index in [1.54, 1.807) is 7.11 Å². The zero-order valence-corrected chi connectivity index (χ0v) is 12.3. The third-order valence-electron chi connectivity index (χ3n) is 3.76. The Labute approximate surface area is 120 Å². The Balaban J connectivity index is 1.75. The molecule has 0 atom stereocenters. The number of aromatic amines is 1. The van der Waals surface area contributed by atoms with Gasteiger partial charge >= 0.3 is 0 Å². The Morgan fingerprint density at radius 3 is 2.75 bits per heavy atom. The average molecular weight is 277 g/mol. The van der Waals surface area contributed by atoms with Crippen LogP contribution in [0.25, 0.3) is 0 Å². The molecule has 1 aliphatic rings. The van der Waals surface area contributed by atoms with Crippen molar-refractivity contribution in [2.45, 2.75) is 32.4 Å². The van der Waals surface area contributed by atoms with Crippen molar-refractivity contribution in [2.75, 3.05) is 33.4 Å². The van der Waals surface area contributed by atoms with Gasteiger partial charge in [0.05, 0.1) is 24.9 Å². The maximum atomic E-state index is 8.96. The van der Waals surface area contributed by atoms with E-state index in [2.05, 4.69) is 16.0 Å². The van der Waals surface area contributed by atoms with Crippen LogP contribution in [-0.4, -0.2) is 49.4 Å². The lowest BCUT2D eigenvalue weighted by Gasteiger charge is -2.31. The van der Waals surface area contributed by atoms with Gasteiger partial charge < -0.3 is 14.5 Å². The Kier molecular flexibility index (Phi) is 5.60. The molecule has 20 heavy (non-hydrogen) atoms. The molecule has 0 saturated carbocycles. The van der Waals surface area contributed by atoms with Gasteiger partial charge in [0.15, 0.2) is 0 Å². The number of aryl methyl sites for hydroxylation is 1. The summed E-state index contributed by atoms with van der Waals surface area (Å²) >= 11 is 0. The SMILES string of the molecule is COCCOC1CCN(Cc2cc(C#N)c(C)[nH]2)CC1. The molecule has 0 amide bonds. The van der Waals surface area contributed by atoms with Gasteiger partial charge in [-0.25, -0.2) is 0 Å². The van der Waals surface area contributed by atoms with Crippen molar-refractivity contribution in [3.63, 3.8) is 0 Å². The second-order valence-electron chi connectivity index (χ2n) is 5.28. The first-order valence-electron chi connectivity index (χ1n) is 7.14. The van der Waals surface area contributed by atoms with Crippen LogP contribution in [0.5, 0.6) is 0 Å². The Morgan fingerprint density at radius 1 is 1.40 bits per heavy atom. The van der Waals surface area contributed by atoms with Gasteiger partial charge in [0.2, 0.25) is 0 Å². The fourth-order valence-electron chi connectivity index (χ4n) is 2.60. The van der Waals surface area contributed by atoms with Gasteiger partial charge in [-0.1, -0.05) is 0 Å². The van der Waals surface area contributed by atoms with Gasteiger partial charge in [0.1, 0.15) is 6.07 Å². The van der Waals surface area contributed by atoms with Crippen molar-refractivity contribution in [3.8, 4) is 6.07 Å². The predicted molar refractivity (Wildman–Crippen MR) is 76.4 cm³/mol. The number of piperidine rings is 1. The summed E-state index contributed by atoms with van der Waals surface area (Å²) in [6.07, 6.45) is 2.49. The van der Waals surface area contributed by atoms with Crippen LogP contribution < -0.4 is 0 Å². The highest BCUT2D eigenvalue weighted by molar-refractivity contribution is 5.35. The van der Waals surface area contributed by atoms with Crippen LogP contribution >= 0.6 is 0 Å². The van der Waals surface area contributed by atoms with Gasteiger partial charge in [0, 0.05) is 38.1 Å². The molecule has 5 nitrogen and oxygen atoms in total. The molecule has 0 unspecified atom stereocenters. The fraction of sp³-hybridized carbons (Fsp3) is 0.667. The molecular weight excluding hydrogens is 254 g/mol. The number of aromatic nitrogens is 1. The second kappa shape index (κ2) is 7.44. The normalized spacial score (nSPS) is 17.2. The topological polar surface area (TPSA) is 61.3 Å². The van der Waals surface area contributed by atoms with Crippen molar-refractivity contribution in [3.05, 3.63) is 23.0 Å². The van der Waals surface area contributed by atoms with E-state index in [0.717, 1.165) is 49.4 Å². The monoisotopic (exact) mass is 277 g/mol. The zero-order chi connectivity index (χ0) is 14.4. The molecule has 5 heteroatoms. The van der Waals surface area contributed by atoms with Crippen LogP contribution in [0.15, 0.2) is 6.07 Å². The van der Waals surface area contributed by atoms with E-state index < -0.39 is 0 Å². The van der Waals surface area contributed by atoms with Crippen LogP contribution in [0.4, 0.5) is 0 Å². The highest BCUT2D eigenvalue weighted by Crippen LogP contribution is 2.17. The Hall–Kier alpha value is -1.35. The standard InChI is InChI=1S/C15H23N3O2/c1-12-13(10-16)9-14(17-12)11-18-5-3-15(4-6-18)20-8-7-19-2/h9,15,17H,3-8,11H2,1-2H3. The Morgan fingerprint density at radius 2 is 2.15 bits per heavy atom. The van der Waals surface area contributed by atoms with Gasteiger partial charge in [-0.15, -0.1) is 0 Å². The van der Waals surface area contributed by atoms with Gasteiger partial charge in [0.25, 0.3) is 0 Å². The third kappa shape index (κ3) is 4.07. The number of nitrogens with one attached hydrogen (secondary N) is 1. The van der Waals surface area contributed by atoms with E-state index in [4.69, 9.17) is 14.7 Å². The largest absolute Gasteiger partial charge is 0.382 e. The molecule has 0 radical (unpaired) electrons. The maximum Gasteiger partial charge on any atom is 0.101 e. The van der Waals surface area contributed by atoms with Crippen LogP contribution in [0.3, 0.4) is 0 Å². The minimum Gasteiger partial charge on any atom is -0.382 e. The minimum absolute atomic E-state index is 0.362. The number of hydrogen-bond donors (Lipinski definition) is 1. The zero-order valence-electron chi connectivity index (χ0n) is 12.3. The molecule has 0 aliphatic carbocycles. The molecule has 1 N–H and O–H groups in total. The number of nitriles is 1. The lowest BCUT2D eigenvalue weighted by Crippen LogP contribution is -2.37. The van der Waals surface area contributed by atoms with E-state index in [9.17, 15) is 0 Å². The molecule has 2 rings (SSSR count). The molecule has 1 saturated heterocycles. The van der Waals surface area contributed by atoms with Crippen molar-refractivity contribution in [1.82, 2.24) is 9.88 Å². The number of ether oxygens (including phenoxy) is 2. The molecule has 0 bridgehead atoms. The summed E-state index contributed by atoms with van der Waals surface area (Å²) in [4.78, 5) is 5.69. The molecule has 1 aromatic heterocycles. The van der Waals surface area contributed by atoms with Crippen molar-refractivity contribution in [2.24, 2.45) is 0 Å². The highest BCUT2D eigenvalue weighted by Gasteiger charge is 2.20. The maximum absolute atomic E-state index is 8.96. The van der Waals surface area contributed by atoms with Crippen molar-refractivity contribution >= 4 is 0 Å². The number of methoxy groups -OCH3 is 1. The minimum atomic E-state index is 0.362. The molecule has 0 aromatic carbocycles. The summed E-state index contributed by atoms with van der Waals surface area (Å²) in [5, 5.41) is 8.96. The lowest BCUT2D eigenvalue weighted by atomic mass is 10.1. The highest BCUT2D eigenvalue weighted by atomic mass is 16.5. The molecule has 1 aromatic rings. The number of hydrogen-bond acceptors (Lipinski definition) is 4. The van der Waals surface area contributed by atoms with Crippen LogP contribution in [0.1, 0.15) is 29.8 Å². The molecule has 0 spiro atoms. The van der Waals surface area contributed by atoms with Gasteiger partial charge in [-0.2, -0.15) is 5.26 Å². The summed E-state index contributed by atoms with van der Waals surface area (Å²) in [6, 6.07) is 4.16. The molecule has 1 aliphatic heterocycles. The van der Waals surface area contributed by atoms with Crippen LogP contribution in [-0.2, 0) is 16.0 Å². The molecule has 1 fully saturated rings. The number of rotatable bonds is 6. The summed E-state index contributed by atoms with van der Waals surface area (Å²) in [5.74, 6) is 0. The number of H-pyrrole nitrogens is 1. The predicted octanol–water partition coefficient (Wildman–Crippen LogP) is 1.82. The summed E-state index contributed by atoms with van der Waals surface area (Å²) in [5.41, 5.74) is 2.83. The van der Waals surface area contributed by atoms with Gasteiger partial charge in [-0.3, -0.25) is 4.90 Å². The lowest BCUT2D eigenvalue weighted by molar-refractivity contribution is -0.0159. The summed E-state index contributed by atoms with van der Waals surface area (Å²) in [6.45, 7) is 6.25. The second-order valence-corrected chi connectivity index (χ2v) is 5.28. The quantitative estimate of drug-likeness (QED) is 0.806. The Bertz CT molecular complexity index is 456. The van der Waals surface area contributed by atoms with E-state index >= 15 is 0 Å². The van der Waals surface area contributed by atoms with Gasteiger partial charge in [-0.05, 0) is 25.8 Å². The van der Waals surface area contributed by atoms with E-state index in [0.29, 0.717) is 19.3 Å². The average Bonchev–Trinajstić information content (AvgIpc) is 2.81. The molecule has 2 heterocycles. The first-order valence-corrected chi connectivity index (χ1v) is 7.14.